The molecule has 0 radical (unpaired) electrons. The van der Waals surface area contributed by atoms with E-state index < -0.39 is 10.8 Å². The minimum Gasteiger partial charge on any atom is -0.326 e. The highest BCUT2D eigenvalue weighted by molar-refractivity contribution is 7.84. The van der Waals surface area contributed by atoms with Gasteiger partial charge in [-0.15, -0.1) is 0 Å². The lowest BCUT2D eigenvalue weighted by atomic mass is 10.2. The zero-order valence-electron chi connectivity index (χ0n) is 11.7. The molecule has 0 spiro atoms. The van der Waals surface area contributed by atoms with Crippen molar-refractivity contribution < 1.29 is 17.8 Å². The first kappa shape index (κ1) is 16.3. The molecule has 2 aromatic rings. The van der Waals surface area contributed by atoms with Crippen molar-refractivity contribution in [2.24, 2.45) is 0 Å². The Hall–Kier alpha value is -2.08. The van der Waals surface area contributed by atoms with Crippen LogP contribution in [-0.4, -0.2) is 15.9 Å². The maximum Gasteiger partial charge on any atom is 0.225 e. The lowest BCUT2D eigenvalue weighted by Crippen LogP contribution is -2.15. The molecule has 6 heteroatoms. The molecule has 0 saturated heterocycles. The molecule has 1 atom stereocenters. The Morgan fingerprint density at radius 2 is 1.77 bits per heavy atom. The predicted molar refractivity (Wildman–Crippen MR) is 82.8 cm³/mol. The molecular weight excluding hydrogens is 308 g/mol. The summed E-state index contributed by atoms with van der Waals surface area (Å²) < 4.78 is 37.6. The van der Waals surface area contributed by atoms with Gasteiger partial charge in [0.25, 0.3) is 0 Å². The SMILES string of the molecule is O=C(CC[S@@](=O)Cc1cccc(F)c1)Nc1ccc(F)cc1. The Morgan fingerprint density at radius 3 is 2.45 bits per heavy atom. The van der Waals surface area contributed by atoms with E-state index in [1.807, 2.05) is 0 Å². The van der Waals surface area contributed by atoms with Crippen molar-refractivity contribution in [2.45, 2.75) is 12.2 Å². The van der Waals surface area contributed by atoms with Crippen molar-refractivity contribution in [3.8, 4) is 0 Å². The van der Waals surface area contributed by atoms with Gasteiger partial charge in [-0.1, -0.05) is 12.1 Å². The molecule has 0 bridgehead atoms. The highest BCUT2D eigenvalue weighted by Gasteiger charge is 2.08. The maximum absolute atomic E-state index is 13.0. The van der Waals surface area contributed by atoms with E-state index in [-0.39, 0.29) is 35.5 Å². The third-order valence-corrected chi connectivity index (χ3v) is 4.22. The summed E-state index contributed by atoms with van der Waals surface area (Å²) in [7, 11) is -1.25. The molecule has 0 aliphatic rings. The smallest absolute Gasteiger partial charge is 0.225 e. The van der Waals surface area contributed by atoms with Gasteiger partial charge in [0.1, 0.15) is 11.6 Å². The summed E-state index contributed by atoms with van der Waals surface area (Å²) in [6, 6.07) is 11.3. The number of nitrogens with one attached hydrogen (secondary N) is 1. The second-order valence-corrected chi connectivity index (χ2v) is 6.30. The fraction of sp³-hybridized carbons (Fsp3) is 0.188. The number of anilines is 1. The van der Waals surface area contributed by atoms with Crippen LogP contribution >= 0.6 is 0 Å². The quantitative estimate of drug-likeness (QED) is 0.887. The fourth-order valence-electron chi connectivity index (χ4n) is 1.85. The van der Waals surface area contributed by atoms with E-state index in [9.17, 15) is 17.8 Å². The Bertz CT molecular complexity index is 674. The average Bonchev–Trinajstić information content (AvgIpc) is 2.48. The molecular formula is C16H15F2NO2S. The van der Waals surface area contributed by atoms with Crippen LogP contribution in [0.2, 0.25) is 0 Å². The van der Waals surface area contributed by atoms with Crippen LogP contribution in [0.5, 0.6) is 0 Å². The second kappa shape index (κ2) is 7.79. The zero-order valence-corrected chi connectivity index (χ0v) is 12.5. The maximum atomic E-state index is 13.0. The summed E-state index contributed by atoms with van der Waals surface area (Å²) >= 11 is 0. The van der Waals surface area contributed by atoms with Crippen LogP contribution in [0.4, 0.5) is 14.5 Å². The van der Waals surface area contributed by atoms with Crippen molar-refractivity contribution in [3.63, 3.8) is 0 Å². The standard InChI is InChI=1S/C16H15F2NO2S/c17-13-4-6-15(7-5-13)19-16(20)8-9-22(21)11-12-2-1-3-14(18)10-12/h1-7,10H,8-9,11H2,(H,19,20)/t22-/m1/s1. The average molecular weight is 323 g/mol. The third-order valence-electron chi connectivity index (χ3n) is 2.90. The number of amides is 1. The Balaban J connectivity index is 1.78. The van der Waals surface area contributed by atoms with Crippen molar-refractivity contribution >= 4 is 22.4 Å². The Labute approximate surface area is 129 Å². The fourth-order valence-corrected chi connectivity index (χ4v) is 2.96. The van der Waals surface area contributed by atoms with Gasteiger partial charge in [-0.3, -0.25) is 9.00 Å². The lowest BCUT2D eigenvalue weighted by Gasteiger charge is -2.05. The van der Waals surface area contributed by atoms with Crippen molar-refractivity contribution in [2.75, 3.05) is 11.1 Å². The van der Waals surface area contributed by atoms with Crippen LogP contribution in [0.15, 0.2) is 48.5 Å². The lowest BCUT2D eigenvalue weighted by molar-refractivity contribution is -0.115. The normalized spacial score (nSPS) is 11.9. The number of halogens is 2. The summed E-state index contributed by atoms with van der Waals surface area (Å²) in [5.41, 5.74) is 1.12. The van der Waals surface area contributed by atoms with E-state index >= 15 is 0 Å². The molecule has 0 fully saturated rings. The number of benzene rings is 2. The van der Waals surface area contributed by atoms with Gasteiger partial charge in [0, 0.05) is 34.4 Å². The highest BCUT2D eigenvalue weighted by atomic mass is 32.2. The molecule has 0 aliphatic carbocycles. The summed E-state index contributed by atoms with van der Waals surface area (Å²) in [5, 5.41) is 2.60. The van der Waals surface area contributed by atoms with Crippen molar-refractivity contribution in [1.29, 1.82) is 0 Å². The van der Waals surface area contributed by atoms with Gasteiger partial charge < -0.3 is 5.32 Å². The molecule has 1 amide bonds. The van der Waals surface area contributed by atoms with E-state index in [4.69, 9.17) is 0 Å². The van der Waals surface area contributed by atoms with Gasteiger partial charge >= 0.3 is 0 Å². The van der Waals surface area contributed by atoms with Gasteiger partial charge in [0.2, 0.25) is 5.91 Å². The highest BCUT2D eigenvalue weighted by Crippen LogP contribution is 2.10. The number of carbonyl (C=O) groups excluding carboxylic acids is 1. The minimum absolute atomic E-state index is 0.0826. The van der Waals surface area contributed by atoms with Crippen LogP contribution < -0.4 is 5.32 Å². The first-order chi connectivity index (χ1) is 10.5. The topological polar surface area (TPSA) is 46.2 Å². The molecule has 2 rings (SSSR count). The molecule has 2 aromatic carbocycles. The van der Waals surface area contributed by atoms with E-state index in [2.05, 4.69) is 5.32 Å². The first-order valence-corrected chi connectivity index (χ1v) is 8.16. The van der Waals surface area contributed by atoms with Crippen LogP contribution in [0.1, 0.15) is 12.0 Å². The van der Waals surface area contributed by atoms with E-state index in [1.165, 1.54) is 36.4 Å². The Kier molecular flexibility index (Phi) is 5.77. The van der Waals surface area contributed by atoms with Crippen LogP contribution in [-0.2, 0) is 21.3 Å². The minimum atomic E-state index is -1.25. The van der Waals surface area contributed by atoms with E-state index in [1.54, 1.807) is 12.1 Å². The molecule has 22 heavy (non-hydrogen) atoms. The molecule has 1 N–H and O–H groups in total. The van der Waals surface area contributed by atoms with Crippen molar-refractivity contribution in [3.05, 3.63) is 65.7 Å². The van der Waals surface area contributed by atoms with Crippen molar-refractivity contribution in [1.82, 2.24) is 0 Å². The number of hydrogen-bond acceptors (Lipinski definition) is 2. The number of carbonyl (C=O) groups is 1. The van der Waals surface area contributed by atoms with Gasteiger partial charge in [-0.05, 0) is 42.0 Å². The van der Waals surface area contributed by atoms with E-state index in [0.717, 1.165) is 0 Å². The molecule has 116 valence electrons. The number of hydrogen-bond donors (Lipinski definition) is 1. The molecule has 0 aliphatic heterocycles. The molecule has 0 saturated carbocycles. The molecule has 3 nitrogen and oxygen atoms in total. The summed E-state index contributed by atoms with van der Waals surface area (Å²) in [6.45, 7) is 0. The van der Waals surface area contributed by atoms with Crippen LogP contribution in [0, 0.1) is 11.6 Å². The molecule has 0 aromatic heterocycles. The van der Waals surface area contributed by atoms with Crippen LogP contribution in [0.25, 0.3) is 0 Å². The summed E-state index contributed by atoms with van der Waals surface area (Å²) in [6.07, 6.45) is 0.0826. The first-order valence-electron chi connectivity index (χ1n) is 6.68. The zero-order chi connectivity index (χ0) is 15.9. The summed E-state index contributed by atoms with van der Waals surface area (Å²) in [4.78, 5) is 11.7. The van der Waals surface area contributed by atoms with Gasteiger partial charge in [-0.25, -0.2) is 8.78 Å². The van der Waals surface area contributed by atoms with Gasteiger partial charge in [0.15, 0.2) is 0 Å². The second-order valence-electron chi connectivity index (χ2n) is 4.72. The largest absolute Gasteiger partial charge is 0.326 e. The van der Waals surface area contributed by atoms with Gasteiger partial charge in [-0.2, -0.15) is 0 Å². The Morgan fingerprint density at radius 1 is 1.05 bits per heavy atom. The molecule has 0 heterocycles. The molecule has 0 unspecified atom stereocenters. The monoisotopic (exact) mass is 323 g/mol. The third kappa shape index (κ3) is 5.37. The van der Waals surface area contributed by atoms with Crippen LogP contribution in [0.3, 0.4) is 0 Å². The number of rotatable bonds is 6. The predicted octanol–water partition coefficient (Wildman–Crippen LogP) is 3.24. The van der Waals surface area contributed by atoms with Gasteiger partial charge in [0.05, 0.1) is 0 Å². The summed E-state index contributed by atoms with van der Waals surface area (Å²) in [5.74, 6) is -0.651. The van der Waals surface area contributed by atoms with E-state index in [0.29, 0.717) is 11.3 Å².